The highest BCUT2D eigenvalue weighted by Gasteiger charge is 2.22. The Hall–Kier alpha value is -1.62. The Morgan fingerprint density at radius 2 is 2.06 bits per heavy atom. The van der Waals surface area contributed by atoms with Gasteiger partial charge in [0, 0.05) is 11.1 Å². The molecule has 0 aromatic heterocycles. The number of nitrogens with zero attached hydrogens (tertiary/aromatic N) is 1. The number of carbonyl (C=O) groups excluding carboxylic acids is 1. The molecule has 5 nitrogen and oxygen atoms in total. The first-order valence-electron chi connectivity index (χ1n) is 5.48. The van der Waals surface area contributed by atoms with Gasteiger partial charge in [0.15, 0.2) is 0 Å². The second-order valence-corrected chi connectivity index (χ2v) is 4.07. The van der Waals surface area contributed by atoms with Crippen molar-refractivity contribution in [2.24, 2.45) is 0 Å². The molecule has 0 aliphatic rings. The van der Waals surface area contributed by atoms with E-state index in [9.17, 15) is 14.9 Å². The monoisotopic (exact) mass is 271 g/mol. The fourth-order valence-corrected chi connectivity index (χ4v) is 1.98. The van der Waals surface area contributed by atoms with E-state index in [0.717, 1.165) is 5.56 Å². The van der Waals surface area contributed by atoms with Crippen molar-refractivity contribution in [1.29, 1.82) is 0 Å². The number of nitro benzene ring substituents is 1. The second-order valence-electron chi connectivity index (χ2n) is 3.80. The highest BCUT2D eigenvalue weighted by atomic mass is 35.5. The van der Waals surface area contributed by atoms with Gasteiger partial charge in [-0.1, -0.05) is 5.56 Å². The fraction of sp³-hybridized carbons (Fsp3) is 0.417. The van der Waals surface area contributed by atoms with Crippen LogP contribution < -0.4 is 0 Å². The van der Waals surface area contributed by atoms with Crippen LogP contribution in [-0.2, 0) is 21.8 Å². The maximum atomic E-state index is 11.4. The second kappa shape index (κ2) is 6.35. The molecule has 1 aromatic carbocycles. The van der Waals surface area contributed by atoms with Crippen molar-refractivity contribution in [2.45, 2.75) is 26.1 Å². The number of rotatable bonds is 5. The van der Waals surface area contributed by atoms with Crippen LogP contribution in [0.1, 0.15) is 23.6 Å². The van der Waals surface area contributed by atoms with Gasteiger partial charge >= 0.3 is 5.97 Å². The molecule has 0 aliphatic carbocycles. The molecule has 98 valence electrons. The van der Waals surface area contributed by atoms with Gasteiger partial charge in [-0.15, -0.1) is 11.6 Å². The third-order valence-corrected chi connectivity index (χ3v) is 2.67. The van der Waals surface area contributed by atoms with Crippen molar-refractivity contribution in [3.05, 3.63) is 38.9 Å². The van der Waals surface area contributed by atoms with Gasteiger partial charge in [-0.2, -0.15) is 0 Å². The van der Waals surface area contributed by atoms with E-state index in [1.165, 1.54) is 0 Å². The highest BCUT2D eigenvalue weighted by molar-refractivity contribution is 6.17. The summed E-state index contributed by atoms with van der Waals surface area (Å²) in [7, 11) is 0. The number of aryl methyl sites for hydroxylation is 1. The van der Waals surface area contributed by atoms with E-state index in [4.69, 9.17) is 16.3 Å². The van der Waals surface area contributed by atoms with E-state index in [-0.39, 0.29) is 24.6 Å². The van der Waals surface area contributed by atoms with E-state index in [1.807, 2.05) is 0 Å². The van der Waals surface area contributed by atoms with E-state index in [1.54, 1.807) is 26.0 Å². The number of carbonyl (C=O) groups is 1. The first kappa shape index (κ1) is 14.4. The summed E-state index contributed by atoms with van der Waals surface area (Å²) in [5.74, 6) is -0.444. The smallest absolute Gasteiger partial charge is 0.310 e. The fourth-order valence-electron chi connectivity index (χ4n) is 1.77. The van der Waals surface area contributed by atoms with Gasteiger partial charge < -0.3 is 4.74 Å². The summed E-state index contributed by atoms with van der Waals surface area (Å²) in [5, 5.41) is 11.0. The predicted octanol–water partition coefficient (Wildman–Crippen LogP) is 2.75. The third-order valence-electron chi connectivity index (χ3n) is 2.38. The zero-order valence-electron chi connectivity index (χ0n) is 10.2. The van der Waals surface area contributed by atoms with Crippen LogP contribution in [0.25, 0.3) is 0 Å². The minimum atomic E-state index is -0.508. The maximum absolute atomic E-state index is 11.4. The van der Waals surface area contributed by atoms with Gasteiger partial charge in [0.2, 0.25) is 0 Å². The zero-order chi connectivity index (χ0) is 13.7. The summed E-state index contributed by atoms with van der Waals surface area (Å²) in [5.41, 5.74) is 1.49. The quantitative estimate of drug-likeness (QED) is 0.357. The minimum Gasteiger partial charge on any atom is -0.466 e. The number of benzene rings is 1. The molecular weight excluding hydrogens is 258 g/mol. The number of esters is 1. The summed E-state index contributed by atoms with van der Waals surface area (Å²) < 4.78 is 4.80. The Kier molecular flexibility index (Phi) is 5.09. The molecule has 18 heavy (non-hydrogen) atoms. The lowest BCUT2D eigenvalue weighted by Gasteiger charge is -2.08. The van der Waals surface area contributed by atoms with Crippen molar-refractivity contribution >= 4 is 23.3 Å². The van der Waals surface area contributed by atoms with Crippen LogP contribution >= 0.6 is 11.6 Å². The molecule has 0 atom stereocenters. The number of nitro groups is 1. The van der Waals surface area contributed by atoms with Crippen LogP contribution in [0.4, 0.5) is 5.69 Å². The Morgan fingerprint density at radius 3 is 2.56 bits per heavy atom. The van der Waals surface area contributed by atoms with Gasteiger partial charge in [-0.25, -0.2) is 0 Å². The van der Waals surface area contributed by atoms with Crippen LogP contribution in [0.3, 0.4) is 0 Å². The molecule has 0 saturated heterocycles. The Morgan fingerprint density at radius 1 is 1.44 bits per heavy atom. The summed E-state index contributed by atoms with van der Waals surface area (Å²) >= 11 is 5.70. The molecule has 6 heteroatoms. The predicted molar refractivity (Wildman–Crippen MR) is 67.7 cm³/mol. The SMILES string of the molecule is CCOC(=O)Cc1cc(C)cc(CCl)c1[N+](=O)[O-]. The lowest BCUT2D eigenvalue weighted by atomic mass is 10.0. The molecular formula is C12H14ClNO4. The molecule has 0 N–H and O–H groups in total. The Bertz CT molecular complexity index is 473. The highest BCUT2D eigenvalue weighted by Crippen LogP contribution is 2.27. The van der Waals surface area contributed by atoms with Crippen molar-refractivity contribution in [2.75, 3.05) is 6.61 Å². The van der Waals surface area contributed by atoms with Crippen molar-refractivity contribution in [3.63, 3.8) is 0 Å². The number of ether oxygens (including phenoxy) is 1. The molecule has 0 unspecified atom stereocenters. The first-order chi connectivity index (χ1) is 8.49. The Labute approximate surface area is 110 Å². The van der Waals surface area contributed by atoms with E-state index in [0.29, 0.717) is 11.1 Å². The first-order valence-corrected chi connectivity index (χ1v) is 6.01. The minimum absolute atomic E-state index is 0.0355. The molecule has 0 heterocycles. The van der Waals surface area contributed by atoms with Crippen molar-refractivity contribution < 1.29 is 14.5 Å². The topological polar surface area (TPSA) is 69.4 Å². The number of alkyl halides is 1. The molecule has 0 aliphatic heterocycles. The van der Waals surface area contributed by atoms with Gasteiger partial charge in [0.1, 0.15) is 0 Å². The van der Waals surface area contributed by atoms with Crippen LogP contribution in [0.15, 0.2) is 12.1 Å². The largest absolute Gasteiger partial charge is 0.466 e. The molecule has 0 saturated carbocycles. The zero-order valence-corrected chi connectivity index (χ0v) is 11.0. The molecule has 1 aromatic rings. The lowest BCUT2D eigenvalue weighted by molar-refractivity contribution is -0.386. The van der Waals surface area contributed by atoms with E-state index < -0.39 is 10.9 Å². The van der Waals surface area contributed by atoms with Gasteiger partial charge in [-0.3, -0.25) is 14.9 Å². The van der Waals surface area contributed by atoms with E-state index in [2.05, 4.69) is 0 Å². The van der Waals surface area contributed by atoms with E-state index >= 15 is 0 Å². The molecule has 1 rings (SSSR count). The molecule has 0 radical (unpaired) electrons. The standard InChI is InChI=1S/C12H14ClNO4/c1-3-18-11(15)6-9-4-8(2)5-10(7-13)12(9)14(16)17/h4-5H,3,6-7H2,1-2H3. The normalized spacial score (nSPS) is 10.2. The van der Waals surface area contributed by atoms with Gasteiger partial charge in [0.25, 0.3) is 5.69 Å². The lowest BCUT2D eigenvalue weighted by Crippen LogP contribution is -2.10. The molecule has 0 bridgehead atoms. The summed E-state index contributed by atoms with van der Waals surface area (Å²) in [6.45, 7) is 3.74. The van der Waals surface area contributed by atoms with Gasteiger partial charge in [-0.05, 0) is 26.0 Å². The number of hydrogen-bond donors (Lipinski definition) is 0. The molecule has 0 amide bonds. The average molecular weight is 272 g/mol. The summed E-state index contributed by atoms with van der Waals surface area (Å²) in [6.07, 6.45) is -0.115. The van der Waals surface area contributed by atoms with Crippen LogP contribution in [-0.4, -0.2) is 17.5 Å². The van der Waals surface area contributed by atoms with Crippen LogP contribution in [0.2, 0.25) is 0 Å². The van der Waals surface area contributed by atoms with Crippen LogP contribution in [0.5, 0.6) is 0 Å². The van der Waals surface area contributed by atoms with Crippen molar-refractivity contribution in [1.82, 2.24) is 0 Å². The third kappa shape index (κ3) is 3.43. The Balaban J connectivity index is 3.19. The summed E-state index contributed by atoms with van der Waals surface area (Å²) in [4.78, 5) is 22.0. The average Bonchev–Trinajstić information content (AvgIpc) is 2.27. The molecule has 0 fully saturated rings. The number of halogens is 1. The van der Waals surface area contributed by atoms with Crippen molar-refractivity contribution in [3.8, 4) is 0 Å². The maximum Gasteiger partial charge on any atom is 0.310 e. The molecule has 0 spiro atoms. The van der Waals surface area contributed by atoms with Gasteiger partial charge in [0.05, 0.1) is 23.8 Å². The van der Waals surface area contributed by atoms with Crippen LogP contribution in [0, 0.1) is 17.0 Å². The number of hydrogen-bond acceptors (Lipinski definition) is 4. The summed E-state index contributed by atoms with van der Waals surface area (Å²) in [6, 6.07) is 3.27.